The first-order chi connectivity index (χ1) is 22.4. The fourth-order valence-corrected chi connectivity index (χ4v) is 6.46. The number of aryl methyl sites for hydroxylation is 2. The van der Waals surface area contributed by atoms with Crippen molar-refractivity contribution in [3.05, 3.63) is 117 Å². The first-order valence-electron chi connectivity index (χ1n) is 14.1. The van der Waals surface area contributed by atoms with E-state index in [4.69, 9.17) is 32.7 Å². The number of benzene rings is 5. The minimum Gasteiger partial charge on any atom is -0.496 e. The molecule has 12 heteroatoms. The van der Waals surface area contributed by atoms with Gasteiger partial charge in [-0.05, 0) is 107 Å². The molecule has 48 heavy (non-hydrogen) atoms. The van der Waals surface area contributed by atoms with Gasteiger partial charge in [0.25, 0.3) is 0 Å². The van der Waals surface area contributed by atoms with Gasteiger partial charge in [0, 0.05) is 15.6 Å². The van der Waals surface area contributed by atoms with Gasteiger partial charge in [-0.3, -0.25) is 0 Å². The Morgan fingerprint density at radius 1 is 0.500 bits per heavy atom. The van der Waals surface area contributed by atoms with Gasteiger partial charge in [0.05, 0.1) is 36.5 Å². The summed E-state index contributed by atoms with van der Waals surface area (Å²) in [6.07, 6.45) is -10.5. The van der Waals surface area contributed by atoms with Gasteiger partial charge in [-0.2, -0.15) is 26.3 Å². The van der Waals surface area contributed by atoms with Gasteiger partial charge in [-0.15, -0.1) is 0 Å². The quantitative estimate of drug-likeness (QED) is 0.163. The van der Waals surface area contributed by atoms with E-state index in [1.165, 1.54) is 64.5 Å². The monoisotopic (exact) mass is 710 g/mol. The van der Waals surface area contributed by atoms with Crippen LogP contribution in [0.4, 0.5) is 35.1 Å². The number of alkyl halides is 6. The van der Waals surface area contributed by atoms with E-state index in [9.17, 15) is 26.3 Å². The molecule has 2 nitrogen and oxygen atoms in total. The van der Waals surface area contributed by atoms with Gasteiger partial charge in [0.15, 0.2) is 0 Å². The molecule has 0 aliphatic heterocycles. The Labute approximate surface area is 280 Å². The molecule has 0 bridgehead atoms. The molecule has 5 aromatic rings. The van der Waals surface area contributed by atoms with Crippen LogP contribution in [0.25, 0.3) is 44.5 Å². The maximum absolute atomic E-state index is 15.4. The lowest BCUT2D eigenvalue weighted by Gasteiger charge is -2.23. The lowest BCUT2D eigenvalue weighted by molar-refractivity contribution is -0.142. The van der Waals surface area contributed by atoms with Gasteiger partial charge in [-0.25, -0.2) is 8.78 Å². The van der Waals surface area contributed by atoms with Gasteiger partial charge >= 0.3 is 12.4 Å². The zero-order chi connectivity index (χ0) is 35.3. The van der Waals surface area contributed by atoms with Crippen molar-refractivity contribution < 1.29 is 44.6 Å². The van der Waals surface area contributed by atoms with Gasteiger partial charge < -0.3 is 9.47 Å². The summed E-state index contributed by atoms with van der Waals surface area (Å²) < 4.78 is 129. The van der Waals surface area contributed by atoms with Crippen LogP contribution in [0.5, 0.6) is 11.5 Å². The average Bonchev–Trinajstić information content (AvgIpc) is 2.98. The zero-order valence-electron chi connectivity index (χ0n) is 25.5. The first-order valence-corrected chi connectivity index (χ1v) is 14.8. The van der Waals surface area contributed by atoms with Crippen molar-refractivity contribution in [2.45, 2.75) is 26.2 Å². The van der Waals surface area contributed by atoms with Crippen molar-refractivity contribution in [3.63, 3.8) is 0 Å². The summed E-state index contributed by atoms with van der Waals surface area (Å²) >= 11 is 12.0. The van der Waals surface area contributed by atoms with Crippen molar-refractivity contribution >= 4 is 23.2 Å². The number of halogens is 10. The predicted molar refractivity (Wildman–Crippen MR) is 171 cm³/mol. The van der Waals surface area contributed by atoms with Crippen molar-refractivity contribution in [2.24, 2.45) is 0 Å². The van der Waals surface area contributed by atoms with Gasteiger partial charge in [-0.1, -0.05) is 41.4 Å². The smallest absolute Gasteiger partial charge is 0.417 e. The Bertz CT molecular complexity index is 1930. The van der Waals surface area contributed by atoms with Crippen LogP contribution in [0.3, 0.4) is 0 Å². The van der Waals surface area contributed by atoms with Crippen molar-refractivity contribution in [1.29, 1.82) is 0 Å². The second kappa shape index (κ2) is 13.0. The summed E-state index contributed by atoms with van der Waals surface area (Å²) in [5, 5.41) is 0.295. The summed E-state index contributed by atoms with van der Waals surface area (Å²) in [7, 11) is 2.46. The summed E-state index contributed by atoms with van der Waals surface area (Å²) in [5.74, 6) is -1.95. The highest BCUT2D eigenvalue weighted by Crippen LogP contribution is 2.50. The summed E-state index contributed by atoms with van der Waals surface area (Å²) in [6.45, 7) is 2.86. The molecule has 0 saturated heterocycles. The summed E-state index contributed by atoms with van der Waals surface area (Å²) in [5.41, 5.74) is -4.84. The summed E-state index contributed by atoms with van der Waals surface area (Å²) in [4.78, 5) is 0. The van der Waals surface area contributed by atoms with Crippen LogP contribution in [0.15, 0.2) is 72.8 Å². The molecule has 0 aliphatic rings. The van der Waals surface area contributed by atoms with Crippen LogP contribution in [-0.2, 0) is 12.4 Å². The SMILES string of the molecule is COc1cccc(OC)c1-c1cc(C(F)(F)F)c(-c2cc(C)c(-c3cc(F)c(-c4cc(Cl)cc(Cl)c4)c(F)c3)c(C)c2)c(C(F)(F)F)c1. The average molecular weight is 711 g/mol. The van der Waals surface area contributed by atoms with Crippen LogP contribution in [0, 0.1) is 25.5 Å². The van der Waals surface area contributed by atoms with E-state index in [-0.39, 0.29) is 54.9 Å². The van der Waals surface area contributed by atoms with Crippen molar-refractivity contribution in [1.82, 2.24) is 0 Å². The van der Waals surface area contributed by atoms with Gasteiger partial charge in [0.2, 0.25) is 0 Å². The highest BCUT2D eigenvalue weighted by atomic mass is 35.5. The Morgan fingerprint density at radius 2 is 0.896 bits per heavy atom. The van der Waals surface area contributed by atoms with Gasteiger partial charge in [0.1, 0.15) is 23.1 Å². The predicted octanol–water partition coefficient (Wildman–Crippen LogP) is 12.6. The molecule has 0 fully saturated rings. The van der Waals surface area contributed by atoms with E-state index in [0.29, 0.717) is 12.1 Å². The minimum atomic E-state index is -5.23. The minimum absolute atomic E-state index is 0.00309. The number of hydrogen-bond acceptors (Lipinski definition) is 2. The molecule has 0 atom stereocenters. The number of rotatable bonds is 6. The lowest BCUT2D eigenvalue weighted by atomic mass is 9.85. The van der Waals surface area contributed by atoms with E-state index in [1.807, 2.05) is 0 Å². The molecule has 0 unspecified atom stereocenters. The molecule has 250 valence electrons. The molecule has 0 N–H and O–H groups in total. The second-order valence-electron chi connectivity index (χ2n) is 10.9. The van der Waals surface area contributed by atoms with Crippen LogP contribution < -0.4 is 9.47 Å². The fraction of sp³-hybridized carbons (Fsp3) is 0.167. The van der Waals surface area contributed by atoms with Crippen molar-refractivity contribution in [3.8, 4) is 56.0 Å². The van der Waals surface area contributed by atoms with Crippen LogP contribution in [0.1, 0.15) is 22.3 Å². The highest BCUT2D eigenvalue weighted by molar-refractivity contribution is 6.35. The molecule has 0 aliphatic carbocycles. The van der Waals surface area contributed by atoms with Crippen LogP contribution >= 0.6 is 23.2 Å². The number of hydrogen-bond donors (Lipinski definition) is 0. The molecular weight excluding hydrogens is 687 g/mol. The van der Waals surface area contributed by atoms with Crippen LogP contribution in [-0.4, -0.2) is 14.2 Å². The van der Waals surface area contributed by atoms with Crippen molar-refractivity contribution in [2.75, 3.05) is 14.2 Å². The largest absolute Gasteiger partial charge is 0.496 e. The molecule has 0 radical (unpaired) electrons. The number of ether oxygens (including phenoxy) is 2. The lowest BCUT2D eigenvalue weighted by Crippen LogP contribution is -2.15. The highest BCUT2D eigenvalue weighted by Gasteiger charge is 2.42. The third kappa shape index (κ3) is 6.69. The zero-order valence-corrected chi connectivity index (χ0v) is 27.0. The Balaban J connectivity index is 1.74. The molecule has 0 heterocycles. The van der Waals surface area contributed by atoms with E-state index in [1.54, 1.807) is 0 Å². The van der Waals surface area contributed by atoms with E-state index in [2.05, 4.69) is 0 Å². The van der Waals surface area contributed by atoms with E-state index < -0.39 is 57.4 Å². The second-order valence-corrected chi connectivity index (χ2v) is 11.8. The molecule has 0 spiro atoms. The maximum atomic E-state index is 15.4. The third-order valence-corrected chi connectivity index (χ3v) is 8.21. The van der Waals surface area contributed by atoms with E-state index >= 15 is 8.78 Å². The normalized spacial score (nSPS) is 12.0. The molecule has 0 saturated carbocycles. The maximum Gasteiger partial charge on any atom is 0.417 e. The third-order valence-electron chi connectivity index (χ3n) is 7.77. The topological polar surface area (TPSA) is 18.5 Å². The molecule has 5 rings (SSSR count). The Hall–Kier alpha value is -4.28. The van der Waals surface area contributed by atoms with Crippen LogP contribution in [0.2, 0.25) is 10.0 Å². The molecule has 0 amide bonds. The molecule has 5 aromatic carbocycles. The molecular formula is C36H24Cl2F8O2. The number of methoxy groups -OCH3 is 2. The Kier molecular flexibility index (Phi) is 9.47. The Morgan fingerprint density at radius 3 is 1.31 bits per heavy atom. The fourth-order valence-electron chi connectivity index (χ4n) is 5.93. The standard InChI is InChI=1S/C36H24Cl2F8O2/c1-17-8-19(9-18(2)31(17)22-14-27(39)33(28(40)15-22)20-10-23(37)16-24(38)11-20)32-25(35(41,42)43)12-21(13-26(32)36(44,45)46)34-29(47-3)6-5-7-30(34)48-4/h5-16H,1-4H3. The van der Waals surface area contributed by atoms with E-state index in [0.717, 1.165) is 24.3 Å². The molecule has 0 aromatic heterocycles. The summed E-state index contributed by atoms with van der Waals surface area (Å²) in [6, 6.07) is 13.9. The first kappa shape index (κ1) is 35.0.